The van der Waals surface area contributed by atoms with Crippen molar-refractivity contribution in [2.45, 2.75) is 24.6 Å². The number of hydroxylamine groups is 1. The Morgan fingerprint density at radius 2 is 1.97 bits per heavy atom. The fraction of sp³-hybridized carbons (Fsp3) is 0.333. The van der Waals surface area contributed by atoms with E-state index in [1.807, 2.05) is 0 Å². The van der Waals surface area contributed by atoms with Gasteiger partial charge in [0.25, 0.3) is 11.5 Å². The molecule has 8 nitrogen and oxygen atoms in total. The summed E-state index contributed by atoms with van der Waals surface area (Å²) in [5.41, 5.74) is 0.719. The van der Waals surface area contributed by atoms with Crippen LogP contribution in [-0.4, -0.2) is 38.1 Å². The Balaban J connectivity index is 2.33. The summed E-state index contributed by atoms with van der Waals surface area (Å²) < 4.78 is 45.2. The Kier molecular flexibility index (Phi) is 7.22. The SMILES string of the molecule is COc1ccc(-c2cc(=O)n(CCC(C)(C(=O)NOO)S(C)=O)cc2F)c(F)c1. The first kappa shape index (κ1) is 22.7. The highest BCUT2D eigenvalue weighted by Gasteiger charge is 2.38. The second kappa shape index (κ2) is 9.25. The number of aromatic nitrogens is 1. The van der Waals surface area contributed by atoms with E-state index in [2.05, 4.69) is 4.99 Å². The second-order valence-corrected chi connectivity index (χ2v) is 8.18. The molecule has 0 aliphatic rings. The van der Waals surface area contributed by atoms with E-state index in [4.69, 9.17) is 9.99 Å². The van der Waals surface area contributed by atoms with Crippen LogP contribution in [0.3, 0.4) is 0 Å². The molecule has 1 aromatic heterocycles. The predicted octanol–water partition coefficient (Wildman–Crippen LogP) is 1.85. The van der Waals surface area contributed by atoms with Crippen LogP contribution >= 0.6 is 0 Å². The largest absolute Gasteiger partial charge is 0.497 e. The fourth-order valence-electron chi connectivity index (χ4n) is 2.64. The molecule has 1 aromatic carbocycles. The van der Waals surface area contributed by atoms with Gasteiger partial charge in [-0.05, 0) is 25.5 Å². The van der Waals surface area contributed by atoms with Crippen molar-refractivity contribution in [3.8, 4) is 16.9 Å². The van der Waals surface area contributed by atoms with E-state index < -0.39 is 38.6 Å². The van der Waals surface area contributed by atoms with Crippen LogP contribution in [0.1, 0.15) is 13.3 Å². The topological polar surface area (TPSA) is 107 Å². The molecule has 0 spiro atoms. The highest BCUT2D eigenvalue weighted by molar-refractivity contribution is 7.86. The normalized spacial score (nSPS) is 14.1. The lowest BCUT2D eigenvalue weighted by atomic mass is 10.0. The lowest BCUT2D eigenvalue weighted by Gasteiger charge is -2.25. The first-order valence-corrected chi connectivity index (χ1v) is 9.88. The molecule has 0 bridgehead atoms. The van der Waals surface area contributed by atoms with Crippen LogP contribution in [0.2, 0.25) is 0 Å². The number of rotatable bonds is 8. The molecule has 0 fully saturated rings. The van der Waals surface area contributed by atoms with Crippen molar-refractivity contribution < 1.29 is 32.8 Å². The molecule has 11 heteroatoms. The molecule has 29 heavy (non-hydrogen) atoms. The van der Waals surface area contributed by atoms with Crippen LogP contribution in [-0.2, 0) is 27.1 Å². The van der Waals surface area contributed by atoms with Gasteiger partial charge in [0.2, 0.25) is 0 Å². The lowest BCUT2D eigenvalue weighted by Crippen LogP contribution is -2.48. The van der Waals surface area contributed by atoms with Gasteiger partial charge in [0.15, 0.2) is 0 Å². The first-order valence-electron chi connectivity index (χ1n) is 8.32. The summed E-state index contributed by atoms with van der Waals surface area (Å²) in [6, 6.07) is 4.75. The number of ether oxygens (including phenoxy) is 1. The van der Waals surface area contributed by atoms with Gasteiger partial charge < -0.3 is 9.30 Å². The molecule has 0 aliphatic carbocycles. The quantitative estimate of drug-likeness (QED) is 0.489. The number of hydrogen-bond donors (Lipinski definition) is 2. The third kappa shape index (κ3) is 4.86. The molecular weight excluding hydrogens is 410 g/mol. The number of pyridine rings is 1. The van der Waals surface area contributed by atoms with E-state index in [-0.39, 0.29) is 29.8 Å². The molecule has 2 N–H and O–H groups in total. The number of carbonyl (C=O) groups is 1. The third-order valence-electron chi connectivity index (χ3n) is 4.63. The van der Waals surface area contributed by atoms with Gasteiger partial charge in [-0.2, -0.15) is 0 Å². The van der Waals surface area contributed by atoms with E-state index in [0.717, 1.165) is 22.9 Å². The Hall–Kier alpha value is -2.63. The molecular formula is C18H20F2N2O6S. The minimum absolute atomic E-state index is 0.105. The van der Waals surface area contributed by atoms with E-state index in [9.17, 15) is 22.6 Å². The predicted molar refractivity (Wildman–Crippen MR) is 102 cm³/mol. The van der Waals surface area contributed by atoms with Crippen LogP contribution in [0.15, 0.2) is 35.3 Å². The monoisotopic (exact) mass is 430 g/mol. The van der Waals surface area contributed by atoms with Crippen LogP contribution < -0.4 is 15.8 Å². The Bertz CT molecular complexity index is 997. The molecule has 0 aliphatic heterocycles. The summed E-state index contributed by atoms with van der Waals surface area (Å²) in [6.45, 7) is 1.19. The summed E-state index contributed by atoms with van der Waals surface area (Å²) in [5, 5.41) is 8.37. The number of nitrogens with zero attached hydrogens (tertiary/aromatic N) is 1. The lowest BCUT2D eigenvalue weighted by molar-refractivity contribution is -0.285. The Labute approximate surface area is 167 Å². The van der Waals surface area contributed by atoms with Gasteiger partial charge in [-0.15, -0.1) is 4.99 Å². The van der Waals surface area contributed by atoms with Crippen molar-refractivity contribution in [2.75, 3.05) is 13.4 Å². The average molecular weight is 430 g/mol. The average Bonchev–Trinajstić information content (AvgIpc) is 2.68. The number of carbonyl (C=O) groups excluding carboxylic acids is 1. The molecule has 1 heterocycles. The first-order chi connectivity index (χ1) is 13.6. The van der Waals surface area contributed by atoms with Gasteiger partial charge >= 0.3 is 0 Å². The van der Waals surface area contributed by atoms with Crippen molar-refractivity contribution in [2.24, 2.45) is 0 Å². The van der Waals surface area contributed by atoms with Gasteiger partial charge in [-0.1, -0.05) is 0 Å². The number of aryl methyl sites for hydroxylation is 1. The van der Waals surface area contributed by atoms with E-state index in [0.29, 0.717) is 0 Å². The summed E-state index contributed by atoms with van der Waals surface area (Å²) in [5.74, 6) is -2.23. The molecule has 2 unspecified atom stereocenters. The van der Waals surface area contributed by atoms with Crippen molar-refractivity contribution in [3.05, 3.63) is 52.5 Å². The van der Waals surface area contributed by atoms with Gasteiger partial charge in [0.05, 0.1) is 7.11 Å². The standard InChI is InChI=1S/C18H20F2N2O6S/c1-18(29(3)26,17(24)21-28-25)6-7-22-10-15(20)13(9-16(22)23)12-5-4-11(27-2)8-14(12)19/h4-5,8-10,25H,6-7H2,1-3H3,(H,21,24). The highest BCUT2D eigenvalue weighted by Crippen LogP contribution is 2.27. The van der Waals surface area contributed by atoms with Crippen molar-refractivity contribution in [1.82, 2.24) is 10.0 Å². The smallest absolute Gasteiger partial charge is 0.264 e. The van der Waals surface area contributed by atoms with Gasteiger partial charge in [-0.3, -0.25) is 13.8 Å². The Morgan fingerprint density at radius 3 is 2.52 bits per heavy atom. The van der Waals surface area contributed by atoms with Crippen LogP contribution in [0.5, 0.6) is 5.75 Å². The third-order valence-corrected chi connectivity index (χ3v) is 6.29. The molecule has 2 rings (SSSR count). The van der Waals surface area contributed by atoms with Gasteiger partial charge in [-0.25, -0.2) is 19.5 Å². The van der Waals surface area contributed by atoms with E-state index >= 15 is 0 Å². The number of benzene rings is 1. The fourth-order valence-corrected chi connectivity index (χ4v) is 3.32. The van der Waals surface area contributed by atoms with Crippen molar-refractivity contribution in [1.29, 1.82) is 0 Å². The summed E-state index contributed by atoms with van der Waals surface area (Å²) in [6.07, 6.45) is 2.04. The molecule has 2 aromatic rings. The Morgan fingerprint density at radius 1 is 1.28 bits per heavy atom. The van der Waals surface area contributed by atoms with Crippen LogP contribution in [0.4, 0.5) is 8.78 Å². The summed E-state index contributed by atoms with van der Waals surface area (Å²) in [7, 11) is -0.339. The summed E-state index contributed by atoms with van der Waals surface area (Å²) in [4.78, 5) is 28.0. The maximum Gasteiger partial charge on any atom is 0.264 e. The minimum Gasteiger partial charge on any atom is -0.497 e. The zero-order valence-corrected chi connectivity index (χ0v) is 16.7. The molecule has 0 saturated carbocycles. The van der Waals surface area contributed by atoms with E-state index in [1.54, 1.807) is 5.48 Å². The van der Waals surface area contributed by atoms with Crippen LogP contribution in [0.25, 0.3) is 11.1 Å². The van der Waals surface area contributed by atoms with Crippen molar-refractivity contribution >= 4 is 16.7 Å². The van der Waals surface area contributed by atoms with Crippen molar-refractivity contribution in [3.63, 3.8) is 0 Å². The van der Waals surface area contributed by atoms with Crippen LogP contribution in [0, 0.1) is 11.6 Å². The zero-order valence-electron chi connectivity index (χ0n) is 15.9. The highest BCUT2D eigenvalue weighted by atomic mass is 32.2. The van der Waals surface area contributed by atoms with Gasteiger partial charge in [0, 0.05) is 53.1 Å². The number of halogens is 2. The number of nitrogens with one attached hydrogen (secondary N) is 1. The molecule has 158 valence electrons. The van der Waals surface area contributed by atoms with E-state index in [1.165, 1.54) is 32.4 Å². The molecule has 0 radical (unpaired) electrons. The second-order valence-electron chi connectivity index (χ2n) is 6.37. The maximum atomic E-state index is 14.6. The zero-order chi connectivity index (χ0) is 21.8. The number of methoxy groups -OCH3 is 1. The summed E-state index contributed by atoms with van der Waals surface area (Å²) >= 11 is 0. The molecule has 1 amide bonds. The molecule has 0 saturated heterocycles. The number of hydrogen-bond acceptors (Lipinski definition) is 6. The number of amides is 1. The minimum atomic E-state index is -1.70. The maximum absolute atomic E-state index is 14.6. The van der Waals surface area contributed by atoms with Gasteiger partial charge in [0.1, 0.15) is 22.1 Å². The molecule has 2 atom stereocenters.